The Morgan fingerprint density at radius 1 is 1.09 bits per heavy atom. The number of nitrogens with one attached hydrogen (secondary N) is 1. The van der Waals surface area contributed by atoms with E-state index in [0.717, 1.165) is 5.56 Å². The number of anilines is 1. The second-order valence-electron chi connectivity index (χ2n) is 7.39. The van der Waals surface area contributed by atoms with Gasteiger partial charge in [0.1, 0.15) is 24.0 Å². The van der Waals surface area contributed by atoms with Gasteiger partial charge in [0, 0.05) is 5.69 Å². The Morgan fingerprint density at radius 3 is 2.41 bits per heavy atom. The monoisotopic (exact) mass is 520 g/mol. The highest BCUT2D eigenvalue weighted by Crippen LogP contribution is 2.37. The molecule has 7 heteroatoms. The summed E-state index contributed by atoms with van der Waals surface area (Å²) >= 11 is 3.45. The standard InChI is InChI=1S/C27H25BrN2O4/c1-4-33-26-24(28)14-20(15-25(26)32-3)13-21(16-29)27(31)30-22-9-11-23(12-10-22)34-17-19-7-5-18(2)6-8-19/h5-15H,4,17H2,1-3H3,(H,30,31)/b21-13+. The lowest BCUT2D eigenvalue weighted by Crippen LogP contribution is -2.13. The number of methoxy groups -OCH3 is 1. The van der Waals surface area contributed by atoms with Crippen molar-refractivity contribution in [2.75, 3.05) is 19.0 Å². The molecule has 1 N–H and O–H groups in total. The van der Waals surface area contributed by atoms with Crippen LogP contribution in [-0.4, -0.2) is 19.6 Å². The SMILES string of the molecule is CCOc1c(Br)cc(/C=C(\C#N)C(=O)Nc2ccc(OCc3ccc(C)cc3)cc2)cc1OC. The van der Waals surface area contributed by atoms with E-state index in [2.05, 4.69) is 21.2 Å². The van der Waals surface area contributed by atoms with Crippen molar-refractivity contribution in [2.45, 2.75) is 20.5 Å². The van der Waals surface area contributed by atoms with E-state index in [9.17, 15) is 10.1 Å². The quantitative estimate of drug-likeness (QED) is 0.265. The largest absolute Gasteiger partial charge is 0.493 e. The van der Waals surface area contributed by atoms with E-state index in [1.54, 1.807) is 36.4 Å². The third-order valence-corrected chi connectivity index (χ3v) is 5.44. The van der Waals surface area contributed by atoms with Crippen LogP contribution in [0.3, 0.4) is 0 Å². The van der Waals surface area contributed by atoms with Gasteiger partial charge in [-0.05, 0) is 83.4 Å². The van der Waals surface area contributed by atoms with Crippen LogP contribution in [0.5, 0.6) is 17.2 Å². The zero-order chi connectivity index (χ0) is 24.5. The van der Waals surface area contributed by atoms with Crippen molar-refractivity contribution in [3.63, 3.8) is 0 Å². The second kappa shape index (κ2) is 11.9. The average Bonchev–Trinajstić information content (AvgIpc) is 2.84. The fourth-order valence-corrected chi connectivity index (χ4v) is 3.68. The third-order valence-electron chi connectivity index (χ3n) is 4.85. The molecule has 0 aliphatic rings. The molecule has 0 aliphatic carbocycles. The van der Waals surface area contributed by atoms with Crippen molar-refractivity contribution in [1.82, 2.24) is 0 Å². The molecular formula is C27H25BrN2O4. The molecule has 0 saturated carbocycles. The molecule has 0 aromatic heterocycles. The highest BCUT2D eigenvalue weighted by Gasteiger charge is 2.14. The van der Waals surface area contributed by atoms with Crippen LogP contribution < -0.4 is 19.5 Å². The summed E-state index contributed by atoms with van der Waals surface area (Å²) in [6.07, 6.45) is 1.50. The van der Waals surface area contributed by atoms with Crippen molar-refractivity contribution in [3.05, 3.63) is 87.4 Å². The van der Waals surface area contributed by atoms with Crippen molar-refractivity contribution in [3.8, 4) is 23.3 Å². The molecule has 3 aromatic rings. The van der Waals surface area contributed by atoms with E-state index in [4.69, 9.17) is 14.2 Å². The maximum absolute atomic E-state index is 12.7. The molecule has 0 aliphatic heterocycles. The van der Waals surface area contributed by atoms with Crippen LogP contribution in [0.4, 0.5) is 5.69 Å². The maximum atomic E-state index is 12.7. The summed E-state index contributed by atoms with van der Waals surface area (Å²) in [5, 5.41) is 12.3. The lowest BCUT2D eigenvalue weighted by Gasteiger charge is -2.12. The van der Waals surface area contributed by atoms with Crippen LogP contribution in [0.25, 0.3) is 6.08 Å². The van der Waals surface area contributed by atoms with Crippen LogP contribution in [-0.2, 0) is 11.4 Å². The van der Waals surface area contributed by atoms with Gasteiger partial charge in [0.25, 0.3) is 5.91 Å². The van der Waals surface area contributed by atoms with Crippen LogP contribution >= 0.6 is 15.9 Å². The number of carbonyl (C=O) groups is 1. The molecule has 0 atom stereocenters. The van der Waals surface area contributed by atoms with Crippen LogP contribution in [0.1, 0.15) is 23.6 Å². The topological polar surface area (TPSA) is 80.6 Å². The smallest absolute Gasteiger partial charge is 0.266 e. The molecule has 174 valence electrons. The molecule has 3 rings (SSSR count). The van der Waals surface area contributed by atoms with E-state index in [1.807, 2.05) is 44.2 Å². The van der Waals surface area contributed by atoms with Crippen molar-refractivity contribution < 1.29 is 19.0 Å². The molecule has 0 radical (unpaired) electrons. The Hall–Kier alpha value is -3.76. The Bertz CT molecular complexity index is 1210. The van der Waals surface area contributed by atoms with Gasteiger partial charge in [-0.1, -0.05) is 29.8 Å². The fourth-order valence-electron chi connectivity index (χ4n) is 3.11. The van der Waals surface area contributed by atoms with Gasteiger partial charge in [-0.25, -0.2) is 0 Å². The van der Waals surface area contributed by atoms with Gasteiger partial charge < -0.3 is 19.5 Å². The number of benzene rings is 3. The molecule has 6 nitrogen and oxygen atoms in total. The number of aryl methyl sites for hydroxylation is 1. The lowest BCUT2D eigenvalue weighted by atomic mass is 10.1. The predicted octanol–water partition coefficient (Wildman–Crippen LogP) is 6.29. The normalized spacial score (nSPS) is 10.9. The van der Waals surface area contributed by atoms with Crippen molar-refractivity contribution in [1.29, 1.82) is 5.26 Å². The summed E-state index contributed by atoms with van der Waals surface area (Å²) < 4.78 is 17.4. The van der Waals surface area contributed by atoms with Gasteiger partial charge >= 0.3 is 0 Å². The van der Waals surface area contributed by atoms with Crippen molar-refractivity contribution >= 4 is 33.6 Å². The molecule has 0 unspecified atom stereocenters. The van der Waals surface area contributed by atoms with Crippen LogP contribution in [0.15, 0.2) is 70.7 Å². The average molecular weight is 521 g/mol. The number of halogens is 1. The second-order valence-corrected chi connectivity index (χ2v) is 8.24. The summed E-state index contributed by atoms with van der Waals surface area (Å²) in [6, 6.07) is 20.6. The predicted molar refractivity (Wildman–Crippen MR) is 136 cm³/mol. The first-order valence-corrected chi connectivity index (χ1v) is 11.4. The number of nitrogens with zero attached hydrogens (tertiary/aromatic N) is 1. The molecule has 0 fully saturated rings. The molecule has 0 spiro atoms. The van der Waals surface area contributed by atoms with E-state index in [1.165, 1.54) is 18.7 Å². The molecule has 0 bridgehead atoms. The number of hydrogen-bond donors (Lipinski definition) is 1. The minimum absolute atomic E-state index is 0.0437. The van der Waals surface area contributed by atoms with Gasteiger partial charge in [-0.15, -0.1) is 0 Å². The minimum atomic E-state index is -0.514. The maximum Gasteiger partial charge on any atom is 0.266 e. The molecule has 34 heavy (non-hydrogen) atoms. The third kappa shape index (κ3) is 6.63. The number of nitriles is 1. The number of rotatable bonds is 9. The van der Waals surface area contributed by atoms with Gasteiger partial charge in [-0.3, -0.25) is 4.79 Å². The zero-order valence-corrected chi connectivity index (χ0v) is 20.8. The first-order chi connectivity index (χ1) is 16.4. The number of ether oxygens (including phenoxy) is 3. The minimum Gasteiger partial charge on any atom is -0.493 e. The zero-order valence-electron chi connectivity index (χ0n) is 19.2. The first kappa shape index (κ1) is 24.9. The summed E-state index contributed by atoms with van der Waals surface area (Å²) in [6.45, 7) is 4.85. The summed E-state index contributed by atoms with van der Waals surface area (Å²) in [5.41, 5.74) is 3.41. The Labute approximate surface area is 207 Å². The molecule has 1 amide bonds. The van der Waals surface area contributed by atoms with Gasteiger partial charge in [0.05, 0.1) is 18.2 Å². The Balaban J connectivity index is 1.67. The van der Waals surface area contributed by atoms with Gasteiger partial charge in [0.2, 0.25) is 0 Å². The summed E-state index contributed by atoms with van der Waals surface area (Å²) in [7, 11) is 1.53. The molecule has 0 heterocycles. The first-order valence-electron chi connectivity index (χ1n) is 10.7. The molecular weight excluding hydrogens is 496 g/mol. The van der Waals surface area contributed by atoms with Gasteiger partial charge in [0.15, 0.2) is 11.5 Å². The van der Waals surface area contributed by atoms with E-state index in [0.29, 0.717) is 46.2 Å². The highest BCUT2D eigenvalue weighted by molar-refractivity contribution is 9.10. The van der Waals surface area contributed by atoms with Gasteiger partial charge in [-0.2, -0.15) is 5.26 Å². The van der Waals surface area contributed by atoms with E-state index >= 15 is 0 Å². The molecule has 0 saturated heterocycles. The summed E-state index contributed by atoms with van der Waals surface area (Å²) in [5.74, 6) is 1.23. The highest BCUT2D eigenvalue weighted by atomic mass is 79.9. The van der Waals surface area contributed by atoms with E-state index < -0.39 is 5.91 Å². The Kier molecular flexibility index (Phi) is 8.72. The number of carbonyl (C=O) groups excluding carboxylic acids is 1. The Morgan fingerprint density at radius 2 is 1.79 bits per heavy atom. The van der Waals surface area contributed by atoms with E-state index in [-0.39, 0.29) is 5.57 Å². The molecule has 3 aromatic carbocycles. The summed E-state index contributed by atoms with van der Waals surface area (Å²) in [4.78, 5) is 12.7. The lowest BCUT2D eigenvalue weighted by molar-refractivity contribution is -0.112. The number of amides is 1. The van der Waals surface area contributed by atoms with Crippen LogP contribution in [0, 0.1) is 18.3 Å². The van der Waals surface area contributed by atoms with Crippen molar-refractivity contribution in [2.24, 2.45) is 0 Å². The number of hydrogen-bond acceptors (Lipinski definition) is 5. The van der Waals surface area contributed by atoms with Crippen LogP contribution in [0.2, 0.25) is 0 Å². The fraction of sp³-hybridized carbons (Fsp3) is 0.185.